The van der Waals surface area contributed by atoms with Crippen LogP contribution >= 0.6 is 11.6 Å². The number of nitrogens with zero attached hydrogens (tertiary/aromatic N) is 3. The molecule has 1 aromatic heterocycles. The molecule has 1 aliphatic heterocycles. The van der Waals surface area contributed by atoms with Crippen LogP contribution in [0.25, 0.3) is 0 Å². The van der Waals surface area contributed by atoms with E-state index in [4.69, 9.17) is 16.7 Å². The van der Waals surface area contributed by atoms with E-state index in [0.717, 1.165) is 12.8 Å². The zero-order valence-electron chi connectivity index (χ0n) is 11.8. The summed E-state index contributed by atoms with van der Waals surface area (Å²) in [7, 11) is 0. The number of hydrogen-bond donors (Lipinski definition) is 1. The third-order valence-corrected chi connectivity index (χ3v) is 3.87. The van der Waals surface area contributed by atoms with Crippen LogP contribution in [0.4, 0.5) is 0 Å². The van der Waals surface area contributed by atoms with Gasteiger partial charge in [-0.1, -0.05) is 25.4 Å². The molecule has 2 heterocycles. The molecule has 1 amide bonds. The van der Waals surface area contributed by atoms with Gasteiger partial charge >= 0.3 is 0 Å². The fraction of sp³-hybridized carbons (Fsp3) is 0.643. The van der Waals surface area contributed by atoms with Crippen LogP contribution in [-0.2, 0) is 0 Å². The number of carbonyl (C=O) groups excluding carboxylic acids is 1. The van der Waals surface area contributed by atoms with Crippen LogP contribution in [0.5, 0.6) is 0 Å². The van der Waals surface area contributed by atoms with Crippen molar-refractivity contribution in [3.8, 4) is 0 Å². The van der Waals surface area contributed by atoms with E-state index < -0.39 is 0 Å². The summed E-state index contributed by atoms with van der Waals surface area (Å²) in [5.41, 5.74) is 0.287. The molecule has 1 saturated heterocycles. The maximum atomic E-state index is 12.5. The van der Waals surface area contributed by atoms with Gasteiger partial charge in [0.25, 0.3) is 5.91 Å². The SMILES string of the molecule is CC(C)c1ncc(Cl)c(C(=O)N2CCC(CCO)C2)n1. The number of rotatable bonds is 4. The quantitative estimate of drug-likeness (QED) is 0.924. The Morgan fingerprint density at radius 2 is 2.35 bits per heavy atom. The van der Waals surface area contributed by atoms with Gasteiger partial charge in [0, 0.05) is 25.6 Å². The van der Waals surface area contributed by atoms with Crippen LogP contribution in [-0.4, -0.2) is 45.6 Å². The van der Waals surface area contributed by atoms with Crippen molar-refractivity contribution < 1.29 is 9.90 Å². The van der Waals surface area contributed by atoms with Gasteiger partial charge < -0.3 is 10.0 Å². The van der Waals surface area contributed by atoms with Gasteiger partial charge in [0.1, 0.15) is 5.82 Å². The van der Waals surface area contributed by atoms with Crippen molar-refractivity contribution in [3.05, 3.63) is 22.7 Å². The molecule has 2 rings (SSSR count). The monoisotopic (exact) mass is 297 g/mol. The van der Waals surface area contributed by atoms with Crippen molar-refractivity contribution in [2.45, 2.75) is 32.6 Å². The maximum Gasteiger partial charge on any atom is 0.274 e. The van der Waals surface area contributed by atoms with Crippen LogP contribution in [0.2, 0.25) is 5.02 Å². The Labute approximate surface area is 124 Å². The molecular weight excluding hydrogens is 278 g/mol. The fourth-order valence-corrected chi connectivity index (χ4v) is 2.57. The largest absolute Gasteiger partial charge is 0.396 e. The van der Waals surface area contributed by atoms with Crippen LogP contribution in [0, 0.1) is 5.92 Å². The molecule has 0 radical (unpaired) electrons. The minimum atomic E-state index is -0.139. The minimum absolute atomic E-state index is 0.139. The highest BCUT2D eigenvalue weighted by atomic mass is 35.5. The van der Waals surface area contributed by atoms with Gasteiger partial charge in [0.15, 0.2) is 5.69 Å². The smallest absolute Gasteiger partial charge is 0.274 e. The second-order valence-electron chi connectivity index (χ2n) is 5.50. The van der Waals surface area contributed by atoms with Crippen molar-refractivity contribution in [3.63, 3.8) is 0 Å². The molecule has 1 unspecified atom stereocenters. The van der Waals surface area contributed by atoms with Crippen LogP contribution < -0.4 is 0 Å². The van der Waals surface area contributed by atoms with Gasteiger partial charge in [-0.3, -0.25) is 4.79 Å². The Hall–Kier alpha value is -1.20. The Morgan fingerprint density at radius 3 is 3.00 bits per heavy atom. The van der Waals surface area contributed by atoms with Gasteiger partial charge in [-0.2, -0.15) is 0 Å². The number of aliphatic hydroxyl groups is 1. The summed E-state index contributed by atoms with van der Waals surface area (Å²) in [5.74, 6) is 1.01. The standard InChI is InChI=1S/C14H20ClN3O2/c1-9(2)13-16-7-11(15)12(17-13)14(20)18-5-3-10(8-18)4-6-19/h7,9-10,19H,3-6,8H2,1-2H3. The number of aromatic nitrogens is 2. The summed E-state index contributed by atoms with van der Waals surface area (Å²) < 4.78 is 0. The first-order valence-electron chi connectivity index (χ1n) is 6.95. The molecular formula is C14H20ClN3O2. The Kier molecular flexibility index (Phi) is 4.94. The number of halogens is 1. The molecule has 6 heteroatoms. The molecule has 5 nitrogen and oxygen atoms in total. The Balaban J connectivity index is 2.15. The zero-order valence-corrected chi connectivity index (χ0v) is 12.6. The summed E-state index contributed by atoms with van der Waals surface area (Å²) in [4.78, 5) is 22.7. The molecule has 20 heavy (non-hydrogen) atoms. The van der Waals surface area contributed by atoms with E-state index in [9.17, 15) is 4.79 Å². The molecule has 0 bridgehead atoms. The predicted octanol–water partition coefficient (Wildman–Crippen LogP) is 2.10. The number of hydrogen-bond acceptors (Lipinski definition) is 4. The predicted molar refractivity (Wildman–Crippen MR) is 76.8 cm³/mol. The number of aliphatic hydroxyl groups excluding tert-OH is 1. The lowest BCUT2D eigenvalue weighted by Crippen LogP contribution is -2.30. The van der Waals surface area contributed by atoms with E-state index in [1.165, 1.54) is 6.20 Å². The van der Waals surface area contributed by atoms with Gasteiger partial charge in [-0.15, -0.1) is 0 Å². The lowest BCUT2D eigenvalue weighted by Gasteiger charge is -2.17. The van der Waals surface area contributed by atoms with E-state index in [1.807, 2.05) is 13.8 Å². The molecule has 0 aliphatic carbocycles. The summed E-state index contributed by atoms with van der Waals surface area (Å²) >= 11 is 6.06. The summed E-state index contributed by atoms with van der Waals surface area (Å²) in [5, 5.41) is 9.26. The number of carbonyl (C=O) groups is 1. The molecule has 1 aliphatic rings. The van der Waals surface area contributed by atoms with E-state index in [1.54, 1.807) is 4.90 Å². The van der Waals surface area contributed by atoms with E-state index in [2.05, 4.69) is 9.97 Å². The van der Waals surface area contributed by atoms with E-state index in [0.29, 0.717) is 29.9 Å². The molecule has 1 aromatic rings. The van der Waals surface area contributed by atoms with Crippen LogP contribution in [0.3, 0.4) is 0 Å². The molecule has 1 fully saturated rings. The van der Waals surface area contributed by atoms with Crippen molar-refractivity contribution >= 4 is 17.5 Å². The van der Waals surface area contributed by atoms with Gasteiger partial charge in [0.2, 0.25) is 0 Å². The highest BCUT2D eigenvalue weighted by Crippen LogP contribution is 2.23. The van der Waals surface area contributed by atoms with Crippen molar-refractivity contribution in [2.75, 3.05) is 19.7 Å². The Morgan fingerprint density at radius 1 is 1.60 bits per heavy atom. The maximum absolute atomic E-state index is 12.5. The zero-order chi connectivity index (χ0) is 14.7. The average Bonchev–Trinajstić information content (AvgIpc) is 2.87. The van der Waals surface area contributed by atoms with E-state index >= 15 is 0 Å². The minimum Gasteiger partial charge on any atom is -0.396 e. The number of amides is 1. The molecule has 0 saturated carbocycles. The van der Waals surface area contributed by atoms with Crippen molar-refractivity contribution in [1.29, 1.82) is 0 Å². The summed E-state index contributed by atoms with van der Waals surface area (Å²) in [6.45, 7) is 5.48. The normalized spacial score (nSPS) is 18.9. The van der Waals surface area contributed by atoms with Gasteiger partial charge in [0.05, 0.1) is 11.2 Å². The van der Waals surface area contributed by atoms with Gasteiger partial charge in [-0.05, 0) is 18.8 Å². The molecule has 110 valence electrons. The first-order chi connectivity index (χ1) is 9.52. The van der Waals surface area contributed by atoms with E-state index in [-0.39, 0.29) is 24.1 Å². The highest BCUT2D eigenvalue weighted by molar-refractivity contribution is 6.33. The summed E-state index contributed by atoms with van der Waals surface area (Å²) in [6, 6.07) is 0. The van der Waals surface area contributed by atoms with Crippen molar-refractivity contribution in [1.82, 2.24) is 14.9 Å². The second kappa shape index (κ2) is 6.50. The molecule has 0 aromatic carbocycles. The third kappa shape index (κ3) is 3.27. The number of likely N-dealkylation sites (tertiary alicyclic amines) is 1. The topological polar surface area (TPSA) is 66.3 Å². The lowest BCUT2D eigenvalue weighted by molar-refractivity contribution is 0.0778. The molecule has 1 N–H and O–H groups in total. The molecule has 0 spiro atoms. The Bertz CT molecular complexity index is 493. The fourth-order valence-electron chi connectivity index (χ4n) is 2.39. The second-order valence-corrected chi connectivity index (χ2v) is 5.90. The first kappa shape index (κ1) is 15.2. The average molecular weight is 298 g/mol. The first-order valence-corrected chi connectivity index (χ1v) is 7.33. The highest BCUT2D eigenvalue weighted by Gasteiger charge is 2.28. The van der Waals surface area contributed by atoms with Crippen LogP contribution in [0.1, 0.15) is 48.9 Å². The molecule has 1 atom stereocenters. The summed E-state index contributed by atoms with van der Waals surface area (Å²) in [6.07, 6.45) is 3.16. The van der Waals surface area contributed by atoms with Crippen molar-refractivity contribution in [2.24, 2.45) is 5.92 Å². The van der Waals surface area contributed by atoms with Crippen LogP contribution in [0.15, 0.2) is 6.20 Å². The third-order valence-electron chi connectivity index (χ3n) is 3.59. The van der Waals surface area contributed by atoms with Gasteiger partial charge in [-0.25, -0.2) is 9.97 Å². The lowest BCUT2D eigenvalue weighted by atomic mass is 10.1.